The summed E-state index contributed by atoms with van der Waals surface area (Å²) < 4.78 is 11.2. The van der Waals surface area contributed by atoms with Crippen LogP contribution >= 0.6 is 0 Å². The number of hydrogen-bond donors (Lipinski definition) is 0. The molecule has 0 unspecified atom stereocenters. The minimum Gasteiger partial charge on any atom is -0.461 e. The van der Waals surface area contributed by atoms with Crippen molar-refractivity contribution in [2.24, 2.45) is 5.92 Å². The Morgan fingerprint density at radius 2 is 1.28 bits per heavy atom. The van der Waals surface area contributed by atoms with Gasteiger partial charge < -0.3 is 9.47 Å². The van der Waals surface area contributed by atoms with Gasteiger partial charge in [0.2, 0.25) is 0 Å². The Bertz CT molecular complexity index is 766. The van der Waals surface area contributed by atoms with Gasteiger partial charge in [0.05, 0.1) is 17.8 Å². The highest BCUT2D eigenvalue weighted by Crippen LogP contribution is 2.37. The summed E-state index contributed by atoms with van der Waals surface area (Å²) in [7, 11) is 0. The first-order chi connectivity index (χ1) is 13.5. The Morgan fingerprint density at radius 3 is 1.69 bits per heavy atom. The average molecular weight is 397 g/mol. The molecule has 0 saturated carbocycles. The molecule has 29 heavy (non-hydrogen) atoms. The number of carbonyl (C=O) groups excluding carboxylic acids is 2. The largest absolute Gasteiger partial charge is 0.461 e. The van der Waals surface area contributed by atoms with Gasteiger partial charge in [-0.1, -0.05) is 67.6 Å². The molecule has 0 aliphatic heterocycles. The van der Waals surface area contributed by atoms with Crippen LogP contribution in [-0.4, -0.2) is 23.6 Å². The van der Waals surface area contributed by atoms with Crippen LogP contribution in [-0.2, 0) is 24.5 Å². The topological polar surface area (TPSA) is 52.6 Å². The zero-order valence-corrected chi connectivity index (χ0v) is 18.3. The summed E-state index contributed by atoms with van der Waals surface area (Å²) in [5, 5.41) is 0. The van der Waals surface area contributed by atoms with E-state index in [0.717, 1.165) is 11.1 Å². The Labute approximate surface area is 174 Å². The molecule has 0 saturated heterocycles. The molecule has 2 aromatic carbocycles. The lowest BCUT2D eigenvalue weighted by Crippen LogP contribution is -2.40. The minimum atomic E-state index is -0.580. The van der Waals surface area contributed by atoms with Crippen molar-refractivity contribution >= 4 is 11.9 Å². The van der Waals surface area contributed by atoms with Gasteiger partial charge in [0.25, 0.3) is 0 Å². The van der Waals surface area contributed by atoms with Crippen LogP contribution in [0, 0.1) is 5.92 Å². The molecule has 0 N–H and O–H groups in total. The SMILES string of the molecule is C[C@H](CC(=O)OC(C)(C)C)C(=O)O[C@@H](C)C(C)(c1ccccc1)c1ccccc1. The van der Waals surface area contributed by atoms with E-state index >= 15 is 0 Å². The van der Waals surface area contributed by atoms with Gasteiger partial charge in [0.15, 0.2) is 0 Å². The number of benzene rings is 2. The molecular weight excluding hydrogens is 364 g/mol. The summed E-state index contributed by atoms with van der Waals surface area (Å²) in [6.07, 6.45) is -0.433. The van der Waals surface area contributed by atoms with Gasteiger partial charge in [0, 0.05) is 0 Å². The zero-order valence-electron chi connectivity index (χ0n) is 18.3. The standard InChI is InChI=1S/C25H32O4/c1-18(17-22(26)29-24(3,4)5)23(27)28-19(2)25(6,20-13-9-7-10-14-20)21-15-11-8-12-16-21/h7-16,18-19H,17H2,1-6H3/t18-,19+/m1/s1. The molecule has 0 amide bonds. The first kappa shape index (κ1) is 22.7. The molecule has 4 nitrogen and oxygen atoms in total. The van der Waals surface area contributed by atoms with E-state index in [4.69, 9.17) is 9.47 Å². The van der Waals surface area contributed by atoms with Crippen molar-refractivity contribution in [2.45, 2.75) is 65.1 Å². The summed E-state index contributed by atoms with van der Waals surface area (Å²) in [5.74, 6) is -1.38. The lowest BCUT2D eigenvalue weighted by atomic mass is 9.72. The third kappa shape index (κ3) is 5.93. The van der Waals surface area contributed by atoms with E-state index in [9.17, 15) is 9.59 Å². The third-order valence-electron chi connectivity index (χ3n) is 5.15. The van der Waals surface area contributed by atoms with Gasteiger partial charge in [-0.3, -0.25) is 9.59 Å². The van der Waals surface area contributed by atoms with Gasteiger partial charge in [0.1, 0.15) is 11.7 Å². The van der Waals surface area contributed by atoms with Crippen LogP contribution in [0.1, 0.15) is 59.1 Å². The smallest absolute Gasteiger partial charge is 0.309 e. The lowest BCUT2D eigenvalue weighted by Gasteiger charge is -2.37. The van der Waals surface area contributed by atoms with Crippen molar-refractivity contribution in [3.05, 3.63) is 71.8 Å². The van der Waals surface area contributed by atoms with Crippen LogP contribution in [0.2, 0.25) is 0 Å². The predicted molar refractivity (Wildman–Crippen MR) is 115 cm³/mol. The van der Waals surface area contributed by atoms with Gasteiger partial charge in [-0.25, -0.2) is 0 Å². The highest BCUT2D eigenvalue weighted by Gasteiger charge is 2.38. The van der Waals surface area contributed by atoms with E-state index in [2.05, 4.69) is 6.92 Å². The lowest BCUT2D eigenvalue weighted by molar-refractivity contribution is -0.164. The summed E-state index contributed by atoms with van der Waals surface area (Å²) in [5.41, 5.74) is 1.02. The van der Waals surface area contributed by atoms with Crippen molar-refractivity contribution in [1.82, 2.24) is 0 Å². The van der Waals surface area contributed by atoms with Gasteiger partial charge in [-0.2, -0.15) is 0 Å². The Balaban J connectivity index is 2.19. The molecule has 0 aliphatic rings. The van der Waals surface area contributed by atoms with Crippen LogP contribution in [0.5, 0.6) is 0 Å². The summed E-state index contributed by atoms with van der Waals surface area (Å²) in [6, 6.07) is 20.0. The van der Waals surface area contributed by atoms with Crippen molar-refractivity contribution in [3.8, 4) is 0 Å². The molecule has 156 valence electrons. The van der Waals surface area contributed by atoms with Crippen LogP contribution in [0.15, 0.2) is 60.7 Å². The monoisotopic (exact) mass is 396 g/mol. The van der Waals surface area contributed by atoms with E-state index < -0.39 is 35.0 Å². The highest BCUT2D eigenvalue weighted by atomic mass is 16.6. The van der Waals surface area contributed by atoms with Crippen molar-refractivity contribution in [1.29, 1.82) is 0 Å². The molecule has 0 radical (unpaired) electrons. The molecule has 4 heteroatoms. The van der Waals surface area contributed by atoms with Crippen molar-refractivity contribution in [2.75, 3.05) is 0 Å². The van der Waals surface area contributed by atoms with E-state index in [0.29, 0.717) is 0 Å². The Hall–Kier alpha value is -2.62. The van der Waals surface area contributed by atoms with Crippen LogP contribution in [0.25, 0.3) is 0 Å². The maximum Gasteiger partial charge on any atom is 0.309 e. The summed E-state index contributed by atoms with van der Waals surface area (Å²) >= 11 is 0. The fourth-order valence-corrected chi connectivity index (χ4v) is 3.33. The molecule has 0 heterocycles. The van der Waals surface area contributed by atoms with E-state index in [1.165, 1.54) is 0 Å². The van der Waals surface area contributed by atoms with Crippen molar-refractivity contribution in [3.63, 3.8) is 0 Å². The molecule has 0 fully saturated rings. The number of ether oxygens (including phenoxy) is 2. The third-order valence-corrected chi connectivity index (χ3v) is 5.15. The summed E-state index contributed by atoms with van der Waals surface area (Å²) in [6.45, 7) is 11.1. The Kier molecular flexibility index (Phi) is 7.23. The first-order valence-corrected chi connectivity index (χ1v) is 10.1. The number of carbonyl (C=O) groups is 2. The second-order valence-corrected chi connectivity index (χ2v) is 8.71. The molecule has 0 spiro atoms. The van der Waals surface area contributed by atoms with Crippen molar-refractivity contribution < 1.29 is 19.1 Å². The molecule has 0 aromatic heterocycles. The van der Waals surface area contributed by atoms with Crippen LogP contribution < -0.4 is 0 Å². The quantitative estimate of drug-likeness (QED) is 0.597. The normalized spacial score (nSPS) is 14.0. The van der Waals surface area contributed by atoms with Crippen LogP contribution in [0.4, 0.5) is 0 Å². The molecule has 2 aromatic rings. The first-order valence-electron chi connectivity index (χ1n) is 10.1. The Morgan fingerprint density at radius 1 is 0.828 bits per heavy atom. The molecule has 2 atom stereocenters. The number of rotatable bonds is 7. The minimum absolute atomic E-state index is 0.00376. The van der Waals surface area contributed by atoms with E-state index in [-0.39, 0.29) is 6.42 Å². The van der Waals surface area contributed by atoms with E-state index in [1.807, 2.05) is 67.6 Å². The maximum atomic E-state index is 12.7. The van der Waals surface area contributed by atoms with Gasteiger partial charge >= 0.3 is 11.9 Å². The van der Waals surface area contributed by atoms with E-state index in [1.54, 1.807) is 27.7 Å². The second kappa shape index (κ2) is 9.25. The molecular formula is C25H32O4. The van der Waals surface area contributed by atoms with Gasteiger partial charge in [-0.05, 0) is 45.7 Å². The fraction of sp³-hybridized carbons (Fsp3) is 0.440. The predicted octanol–water partition coefficient (Wildman–Crippen LogP) is 5.29. The number of esters is 2. The molecule has 0 bridgehead atoms. The second-order valence-electron chi connectivity index (χ2n) is 8.71. The maximum absolute atomic E-state index is 12.7. The van der Waals surface area contributed by atoms with Crippen LogP contribution in [0.3, 0.4) is 0 Å². The molecule has 2 rings (SSSR count). The molecule has 0 aliphatic carbocycles. The highest BCUT2D eigenvalue weighted by molar-refractivity contribution is 5.80. The fourth-order valence-electron chi connectivity index (χ4n) is 3.33. The zero-order chi connectivity index (χ0) is 21.7. The van der Waals surface area contributed by atoms with Gasteiger partial charge in [-0.15, -0.1) is 0 Å². The summed E-state index contributed by atoms with van der Waals surface area (Å²) in [4.78, 5) is 24.8. The number of hydrogen-bond acceptors (Lipinski definition) is 4. The average Bonchev–Trinajstić information content (AvgIpc) is 2.67.